The molecule has 6 nitrogen and oxygen atoms in total. The zero-order valence-electron chi connectivity index (χ0n) is 13.8. The standard InChI is InChI=1S/C18H17BrN2O4/c1-3-24-17(22)10-25-15-7-4-11(8-16(15)23-2)18-20-13-6-5-12(19)9-14(13)21-18/h4-9H,3,10H2,1-2H3,(H,20,21). The highest BCUT2D eigenvalue weighted by molar-refractivity contribution is 9.10. The van der Waals surface area contributed by atoms with Gasteiger partial charge in [-0.3, -0.25) is 0 Å². The molecule has 0 bridgehead atoms. The minimum atomic E-state index is -0.420. The van der Waals surface area contributed by atoms with Gasteiger partial charge in [0.2, 0.25) is 0 Å². The Kier molecular flexibility index (Phi) is 5.23. The zero-order chi connectivity index (χ0) is 17.8. The Balaban J connectivity index is 1.85. The van der Waals surface area contributed by atoms with E-state index in [0.717, 1.165) is 26.9 Å². The molecule has 0 aliphatic rings. The fourth-order valence-electron chi connectivity index (χ4n) is 2.39. The number of carbonyl (C=O) groups excluding carboxylic acids is 1. The van der Waals surface area contributed by atoms with Gasteiger partial charge in [-0.15, -0.1) is 0 Å². The molecule has 0 radical (unpaired) electrons. The van der Waals surface area contributed by atoms with Crippen molar-refractivity contribution in [3.05, 3.63) is 40.9 Å². The van der Waals surface area contributed by atoms with E-state index in [9.17, 15) is 4.79 Å². The number of imidazole rings is 1. The minimum absolute atomic E-state index is 0.164. The van der Waals surface area contributed by atoms with E-state index >= 15 is 0 Å². The van der Waals surface area contributed by atoms with Crippen molar-refractivity contribution in [1.29, 1.82) is 0 Å². The first-order chi connectivity index (χ1) is 12.1. The molecular weight excluding hydrogens is 388 g/mol. The van der Waals surface area contributed by atoms with Gasteiger partial charge in [-0.25, -0.2) is 9.78 Å². The molecule has 0 saturated carbocycles. The van der Waals surface area contributed by atoms with Crippen LogP contribution in [0.4, 0.5) is 0 Å². The molecule has 3 rings (SSSR count). The minimum Gasteiger partial charge on any atom is -0.493 e. The molecule has 0 saturated heterocycles. The second-order valence-electron chi connectivity index (χ2n) is 5.21. The molecule has 0 aliphatic heterocycles. The Morgan fingerprint density at radius 3 is 2.80 bits per heavy atom. The highest BCUT2D eigenvalue weighted by atomic mass is 79.9. The van der Waals surface area contributed by atoms with Crippen molar-refractivity contribution in [2.45, 2.75) is 6.92 Å². The molecule has 3 aromatic rings. The van der Waals surface area contributed by atoms with E-state index < -0.39 is 5.97 Å². The first-order valence-electron chi connectivity index (χ1n) is 7.73. The van der Waals surface area contributed by atoms with Crippen LogP contribution in [0.1, 0.15) is 6.92 Å². The molecule has 0 atom stereocenters. The van der Waals surface area contributed by atoms with Gasteiger partial charge in [-0.1, -0.05) is 15.9 Å². The number of methoxy groups -OCH3 is 1. The average Bonchev–Trinajstić information content (AvgIpc) is 3.03. The third kappa shape index (κ3) is 3.93. The Hall–Kier alpha value is -2.54. The summed E-state index contributed by atoms with van der Waals surface area (Å²) in [4.78, 5) is 19.3. The molecule has 7 heteroatoms. The fourth-order valence-corrected chi connectivity index (χ4v) is 2.75. The Morgan fingerprint density at radius 1 is 1.20 bits per heavy atom. The number of aromatic amines is 1. The van der Waals surface area contributed by atoms with Crippen LogP contribution in [0.15, 0.2) is 40.9 Å². The number of carbonyl (C=O) groups is 1. The Morgan fingerprint density at radius 2 is 2.04 bits per heavy atom. The van der Waals surface area contributed by atoms with E-state index in [2.05, 4.69) is 25.9 Å². The topological polar surface area (TPSA) is 73.4 Å². The van der Waals surface area contributed by atoms with Crippen molar-refractivity contribution in [3.63, 3.8) is 0 Å². The molecule has 1 N–H and O–H groups in total. The molecule has 0 aliphatic carbocycles. The van der Waals surface area contributed by atoms with Gasteiger partial charge in [-0.2, -0.15) is 0 Å². The summed E-state index contributed by atoms with van der Waals surface area (Å²) < 4.78 is 16.7. The normalized spacial score (nSPS) is 10.7. The highest BCUT2D eigenvalue weighted by Crippen LogP contribution is 2.32. The summed E-state index contributed by atoms with van der Waals surface area (Å²) in [7, 11) is 1.55. The lowest BCUT2D eigenvalue weighted by molar-refractivity contribution is -0.145. The quantitative estimate of drug-likeness (QED) is 0.629. The number of fused-ring (bicyclic) bond motifs is 1. The van der Waals surface area contributed by atoms with E-state index in [1.54, 1.807) is 20.1 Å². The van der Waals surface area contributed by atoms with E-state index in [0.29, 0.717) is 18.1 Å². The number of benzene rings is 2. The van der Waals surface area contributed by atoms with Crippen molar-refractivity contribution < 1.29 is 19.0 Å². The lowest BCUT2D eigenvalue weighted by atomic mass is 10.2. The molecule has 0 unspecified atom stereocenters. The maximum atomic E-state index is 11.4. The first-order valence-corrected chi connectivity index (χ1v) is 8.52. The third-order valence-corrected chi connectivity index (χ3v) is 4.03. The van der Waals surface area contributed by atoms with Crippen LogP contribution in [0.25, 0.3) is 22.4 Å². The molecule has 130 valence electrons. The van der Waals surface area contributed by atoms with Crippen molar-refractivity contribution in [2.75, 3.05) is 20.3 Å². The zero-order valence-corrected chi connectivity index (χ0v) is 15.4. The molecule has 0 spiro atoms. The van der Waals surface area contributed by atoms with Gasteiger partial charge in [0.25, 0.3) is 0 Å². The van der Waals surface area contributed by atoms with Gasteiger partial charge in [0.15, 0.2) is 18.1 Å². The maximum absolute atomic E-state index is 11.4. The van der Waals surface area contributed by atoms with E-state index in [1.165, 1.54) is 0 Å². The van der Waals surface area contributed by atoms with Crippen LogP contribution in [0.2, 0.25) is 0 Å². The number of rotatable bonds is 6. The van der Waals surface area contributed by atoms with Gasteiger partial charge in [0.05, 0.1) is 24.8 Å². The largest absolute Gasteiger partial charge is 0.493 e. The second-order valence-corrected chi connectivity index (χ2v) is 6.12. The lowest BCUT2D eigenvalue weighted by Gasteiger charge is -2.11. The van der Waals surface area contributed by atoms with Gasteiger partial charge < -0.3 is 19.2 Å². The number of hydrogen-bond acceptors (Lipinski definition) is 5. The fraction of sp³-hybridized carbons (Fsp3) is 0.222. The van der Waals surface area contributed by atoms with Crippen LogP contribution in [0.5, 0.6) is 11.5 Å². The van der Waals surface area contributed by atoms with Gasteiger partial charge in [-0.05, 0) is 43.3 Å². The van der Waals surface area contributed by atoms with Crippen molar-refractivity contribution in [2.24, 2.45) is 0 Å². The van der Waals surface area contributed by atoms with Gasteiger partial charge >= 0.3 is 5.97 Å². The number of H-pyrrole nitrogens is 1. The first kappa shape index (κ1) is 17.3. The summed E-state index contributed by atoms with van der Waals surface area (Å²) in [6.45, 7) is 1.90. The van der Waals surface area contributed by atoms with Crippen LogP contribution in [-0.2, 0) is 9.53 Å². The SMILES string of the molecule is CCOC(=O)COc1ccc(-c2nc3ccc(Br)cc3[nH]2)cc1OC. The molecule has 2 aromatic carbocycles. The van der Waals surface area contributed by atoms with Crippen LogP contribution < -0.4 is 9.47 Å². The monoisotopic (exact) mass is 404 g/mol. The molecular formula is C18H17BrN2O4. The average molecular weight is 405 g/mol. The summed E-state index contributed by atoms with van der Waals surface area (Å²) >= 11 is 3.45. The van der Waals surface area contributed by atoms with E-state index in [1.807, 2.05) is 30.3 Å². The number of nitrogens with one attached hydrogen (secondary N) is 1. The summed E-state index contributed by atoms with van der Waals surface area (Å²) in [6.07, 6.45) is 0. The summed E-state index contributed by atoms with van der Waals surface area (Å²) in [5, 5.41) is 0. The summed E-state index contributed by atoms with van der Waals surface area (Å²) in [6, 6.07) is 11.3. The van der Waals surface area contributed by atoms with Crippen LogP contribution in [0, 0.1) is 0 Å². The number of halogens is 1. The summed E-state index contributed by atoms with van der Waals surface area (Å²) in [5.41, 5.74) is 2.67. The number of ether oxygens (including phenoxy) is 3. The van der Waals surface area contributed by atoms with E-state index in [-0.39, 0.29) is 6.61 Å². The van der Waals surface area contributed by atoms with Gasteiger partial charge in [0.1, 0.15) is 5.82 Å². The van der Waals surface area contributed by atoms with Crippen LogP contribution >= 0.6 is 15.9 Å². The van der Waals surface area contributed by atoms with Crippen molar-refractivity contribution in [1.82, 2.24) is 9.97 Å². The molecule has 0 fully saturated rings. The van der Waals surface area contributed by atoms with Gasteiger partial charge in [0, 0.05) is 10.0 Å². The number of hydrogen-bond donors (Lipinski definition) is 1. The highest BCUT2D eigenvalue weighted by Gasteiger charge is 2.12. The van der Waals surface area contributed by atoms with E-state index in [4.69, 9.17) is 14.2 Å². The third-order valence-electron chi connectivity index (χ3n) is 3.53. The smallest absolute Gasteiger partial charge is 0.344 e. The maximum Gasteiger partial charge on any atom is 0.344 e. The Bertz CT molecular complexity index is 907. The van der Waals surface area contributed by atoms with Crippen molar-refractivity contribution in [3.8, 4) is 22.9 Å². The molecule has 1 heterocycles. The summed E-state index contributed by atoms with van der Waals surface area (Å²) in [5.74, 6) is 1.29. The number of esters is 1. The molecule has 25 heavy (non-hydrogen) atoms. The second kappa shape index (κ2) is 7.57. The van der Waals surface area contributed by atoms with Crippen LogP contribution in [0.3, 0.4) is 0 Å². The molecule has 1 aromatic heterocycles. The Labute approximate surface area is 153 Å². The number of nitrogens with zero attached hydrogens (tertiary/aromatic N) is 1. The van der Waals surface area contributed by atoms with Crippen molar-refractivity contribution >= 4 is 32.9 Å². The lowest BCUT2D eigenvalue weighted by Crippen LogP contribution is -2.14. The predicted octanol–water partition coefficient (Wildman–Crippen LogP) is 3.94. The predicted molar refractivity (Wildman–Crippen MR) is 97.9 cm³/mol. The number of aromatic nitrogens is 2. The molecule has 0 amide bonds. The van der Waals surface area contributed by atoms with Crippen LogP contribution in [-0.4, -0.2) is 36.3 Å².